The molecule has 0 unspecified atom stereocenters. The first-order chi connectivity index (χ1) is 5.34. The average Bonchev–Trinajstić information content (AvgIpc) is 2.03. The molecule has 0 aliphatic carbocycles. The van der Waals surface area contributed by atoms with E-state index < -0.39 is 0 Å². The van der Waals surface area contributed by atoms with E-state index in [-0.39, 0.29) is 0 Å². The molecule has 1 rings (SSSR count). The summed E-state index contributed by atoms with van der Waals surface area (Å²) in [5, 5.41) is 0. The molecule has 0 nitrogen and oxygen atoms in total. The van der Waals surface area contributed by atoms with Crippen LogP contribution in [0.15, 0.2) is 30.0 Å². The van der Waals surface area contributed by atoms with Crippen LogP contribution in [-0.2, 0) is 0 Å². The number of aryl methyl sites for hydroxylation is 1. The molecule has 1 heteroatoms. The topological polar surface area (TPSA) is 0 Å². The normalized spacial score (nSPS) is 10.7. The largest absolute Gasteiger partial charge is 0.0985 e. The Morgan fingerprint density at radius 1 is 1.27 bits per heavy atom. The van der Waals surface area contributed by atoms with E-state index in [1.165, 1.54) is 11.1 Å². The molecule has 0 fully saturated rings. The maximum atomic E-state index is 2.21. The standard InChI is InChI=1S/C10H12Si/c1-9-5-3-4-6-10(9)7-8-11-2/h3-8H,1-2H3. The highest BCUT2D eigenvalue weighted by Crippen LogP contribution is 2.07. The first-order valence-corrected chi connectivity index (χ1v) is 5.32. The lowest BCUT2D eigenvalue weighted by Crippen LogP contribution is -1.79. The lowest BCUT2D eigenvalue weighted by molar-refractivity contribution is 1.45. The second kappa shape index (κ2) is 4.14. The van der Waals surface area contributed by atoms with Crippen LogP contribution in [0.4, 0.5) is 0 Å². The van der Waals surface area contributed by atoms with Crippen molar-refractivity contribution in [2.75, 3.05) is 0 Å². The maximum Gasteiger partial charge on any atom is 0.0668 e. The zero-order valence-electron chi connectivity index (χ0n) is 6.96. The molecule has 0 atom stereocenters. The molecule has 0 aliphatic heterocycles. The lowest BCUT2D eigenvalue weighted by atomic mass is 10.1. The summed E-state index contributed by atoms with van der Waals surface area (Å²) in [7, 11) is 0.899. The van der Waals surface area contributed by atoms with Crippen molar-refractivity contribution in [2.45, 2.75) is 13.5 Å². The van der Waals surface area contributed by atoms with E-state index in [1.54, 1.807) is 0 Å². The van der Waals surface area contributed by atoms with E-state index >= 15 is 0 Å². The number of hydrogen-bond acceptors (Lipinski definition) is 0. The van der Waals surface area contributed by atoms with Gasteiger partial charge in [0.2, 0.25) is 0 Å². The van der Waals surface area contributed by atoms with E-state index in [9.17, 15) is 0 Å². The Morgan fingerprint density at radius 2 is 2.00 bits per heavy atom. The predicted molar refractivity (Wildman–Crippen MR) is 51.8 cm³/mol. The molecular weight excluding hydrogens is 148 g/mol. The van der Waals surface area contributed by atoms with Crippen LogP contribution in [0.1, 0.15) is 11.1 Å². The van der Waals surface area contributed by atoms with Gasteiger partial charge in [-0.25, -0.2) is 0 Å². The Hall–Kier alpha value is -0.823. The van der Waals surface area contributed by atoms with Crippen LogP contribution in [0.5, 0.6) is 0 Å². The maximum absolute atomic E-state index is 2.21. The van der Waals surface area contributed by atoms with Gasteiger partial charge in [-0.15, -0.1) is 0 Å². The third-order valence-electron chi connectivity index (χ3n) is 1.62. The van der Waals surface area contributed by atoms with Gasteiger partial charge in [0.15, 0.2) is 0 Å². The Bertz CT molecular complexity index is 251. The molecule has 0 heterocycles. The predicted octanol–water partition coefficient (Wildman–Crippen LogP) is 2.72. The van der Waals surface area contributed by atoms with Crippen molar-refractivity contribution in [2.24, 2.45) is 0 Å². The van der Waals surface area contributed by atoms with Gasteiger partial charge in [-0.2, -0.15) is 0 Å². The summed E-state index contributed by atoms with van der Waals surface area (Å²) >= 11 is 0. The van der Waals surface area contributed by atoms with Crippen molar-refractivity contribution in [3.63, 3.8) is 0 Å². The Kier molecular flexibility index (Phi) is 3.11. The first-order valence-electron chi connectivity index (χ1n) is 3.74. The molecule has 11 heavy (non-hydrogen) atoms. The van der Waals surface area contributed by atoms with Crippen LogP contribution in [-0.4, -0.2) is 9.52 Å². The molecule has 0 amide bonds. The molecule has 0 saturated heterocycles. The molecule has 0 saturated carbocycles. The molecule has 0 bridgehead atoms. The third-order valence-corrected chi connectivity index (χ3v) is 2.12. The van der Waals surface area contributed by atoms with Crippen molar-refractivity contribution >= 4 is 15.6 Å². The first kappa shape index (κ1) is 8.28. The van der Waals surface area contributed by atoms with Crippen LogP contribution in [0.2, 0.25) is 6.55 Å². The minimum absolute atomic E-state index is 0.899. The number of benzene rings is 1. The van der Waals surface area contributed by atoms with Gasteiger partial charge in [-0.3, -0.25) is 0 Å². The van der Waals surface area contributed by atoms with Crippen molar-refractivity contribution in [1.82, 2.24) is 0 Å². The Labute approximate surface area is 70.8 Å². The summed E-state index contributed by atoms with van der Waals surface area (Å²) in [6.07, 6.45) is 2.19. The van der Waals surface area contributed by atoms with Crippen molar-refractivity contribution < 1.29 is 0 Å². The third kappa shape index (κ3) is 2.35. The van der Waals surface area contributed by atoms with E-state index in [0.29, 0.717) is 0 Å². The van der Waals surface area contributed by atoms with E-state index in [2.05, 4.69) is 49.5 Å². The smallest absolute Gasteiger partial charge is 0.0668 e. The quantitative estimate of drug-likeness (QED) is 0.584. The van der Waals surface area contributed by atoms with Gasteiger partial charge in [-0.05, 0) is 18.1 Å². The summed E-state index contributed by atoms with van der Waals surface area (Å²) in [6.45, 7) is 4.31. The molecule has 1 aromatic rings. The van der Waals surface area contributed by atoms with Gasteiger partial charge in [0.05, 0.1) is 9.52 Å². The van der Waals surface area contributed by atoms with Gasteiger partial charge in [0.1, 0.15) is 0 Å². The molecule has 0 N–H and O–H groups in total. The van der Waals surface area contributed by atoms with Crippen molar-refractivity contribution in [3.05, 3.63) is 41.1 Å². The minimum Gasteiger partial charge on any atom is -0.0985 e. The molecule has 0 aliphatic rings. The fourth-order valence-corrected chi connectivity index (χ4v) is 1.29. The molecule has 56 valence electrons. The zero-order valence-corrected chi connectivity index (χ0v) is 7.96. The SMILES string of the molecule is C[Si]C=Cc1ccccc1C. The highest BCUT2D eigenvalue weighted by Gasteiger charge is 1.88. The highest BCUT2D eigenvalue weighted by molar-refractivity contribution is 6.41. The molecule has 0 aromatic heterocycles. The van der Waals surface area contributed by atoms with Crippen molar-refractivity contribution in [1.29, 1.82) is 0 Å². The van der Waals surface area contributed by atoms with E-state index in [1.807, 2.05) is 0 Å². The Balaban J connectivity index is 2.86. The highest BCUT2D eigenvalue weighted by atomic mass is 28.2. The number of rotatable bonds is 2. The average molecular weight is 160 g/mol. The van der Waals surface area contributed by atoms with Crippen LogP contribution in [0.25, 0.3) is 6.08 Å². The summed E-state index contributed by atoms with van der Waals surface area (Å²) in [4.78, 5) is 0. The van der Waals surface area contributed by atoms with Gasteiger partial charge in [0.25, 0.3) is 0 Å². The molecule has 2 radical (unpaired) electrons. The fourth-order valence-electron chi connectivity index (χ4n) is 0.947. The summed E-state index contributed by atoms with van der Waals surface area (Å²) in [6, 6.07) is 8.43. The Morgan fingerprint density at radius 3 is 2.64 bits per heavy atom. The zero-order chi connectivity index (χ0) is 8.10. The minimum atomic E-state index is 0.899. The lowest BCUT2D eigenvalue weighted by Gasteiger charge is -1.96. The van der Waals surface area contributed by atoms with Gasteiger partial charge >= 0.3 is 0 Å². The molecule has 0 spiro atoms. The second-order valence-corrected chi connectivity index (χ2v) is 3.39. The van der Waals surface area contributed by atoms with Crippen LogP contribution in [0.3, 0.4) is 0 Å². The molecule has 1 aromatic carbocycles. The summed E-state index contributed by atoms with van der Waals surface area (Å²) < 4.78 is 0. The van der Waals surface area contributed by atoms with Crippen LogP contribution >= 0.6 is 0 Å². The fraction of sp³-hybridized carbons (Fsp3) is 0.200. The van der Waals surface area contributed by atoms with Crippen LogP contribution < -0.4 is 0 Å². The van der Waals surface area contributed by atoms with Crippen molar-refractivity contribution in [3.8, 4) is 0 Å². The second-order valence-electron chi connectivity index (χ2n) is 2.48. The van der Waals surface area contributed by atoms with Gasteiger partial charge in [0, 0.05) is 0 Å². The van der Waals surface area contributed by atoms with E-state index in [4.69, 9.17) is 0 Å². The molecular formula is C10H12Si. The monoisotopic (exact) mass is 160 g/mol. The summed E-state index contributed by atoms with van der Waals surface area (Å²) in [5.74, 6) is 0. The summed E-state index contributed by atoms with van der Waals surface area (Å²) in [5.41, 5.74) is 4.89. The number of hydrogen-bond donors (Lipinski definition) is 0. The van der Waals surface area contributed by atoms with Crippen LogP contribution in [0, 0.1) is 6.92 Å². The van der Waals surface area contributed by atoms with E-state index in [0.717, 1.165) is 9.52 Å². The van der Waals surface area contributed by atoms with Gasteiger partial charge in [-0.1, -0.05) is 42.6 Å². The van der Waals surface area contributed by atoms with Gasteiger partial charge < -0.3 is 0 Å².